The average Bonchev–Trinajstić information content (AvgIpc) is 2.96. The summed E-state index contributed by atoms with van der Waals surface area (Å²) in [4.78, 5) is 4.04. The lowest BCUT2D eigenvalue weighted by molar-refractivity contribution is 0.400. The SMILES string of the molecule is COc1ccc(C)cc1C(C)NCCCn1ccnc1. The molecule has 2 aromatic rings. The maximum Gasteiger partial charge on any atom is 0.123 e. The first-order valence-corrected chi connectivity index (χ1v) is 7.04. The fraction of sp³-hybridized carbons (Fsp3) is 0.438. The lowest BCUT2D eigenvalue weighted by Crippen LogP contribution is -2.21. The van der Waals surface area contributed by atoms with Crippen molar-refractivity contribution in [3.05, 3.63) is 48.0 Å². The van der Waals surface area contributed by atoms with Gasteiger partial charge in [-0.1, -0.05) is 17.7 Å². The Balaban J connectivity index is 1.85. The Morgan fingerprint density at radius 3 is 2.95 bits per heavy atom. The number of rotatable bonds is 7. The predicted octanol–water partition coefficient (Wildman–Crippen LogP) is 2.94. The molecule has 0 radical (unpaired) electrons. The number of nitrogens with one attached hydrogen (secondary N) is 1. The summed E-state index contributed by atoms with van der Waals surface area (Å²) < 4.78 is 7.53. The fourth-order valence-corrected chi connectivity index (χ4v) is 2.30. The van der Waals surface area contributed by atoms with Gasteiger partial charge in [0, 0.05) is 30.5 Å². The zero-order valence-corrected chi connectivity index (χ0v) is 12.5. The Labute approximate surface area is 120 Å². The summed E-state index contributed by atoms with van der Waals surface area (Å²) in [6.07, 6.45) is 6.74. The first-order valence-electron chi connectivity index (χ1n) is 7.04. The molecule has 1 N–H and O–H groups in total. The second kappa shape index (κ2) is 7.10. The van der Waals surface area contributed by atoms with Crippen molar-refractivity contribution < 1.29 is 4.74 Å². The molecule has 1 heterocycles. The van der Waals surface area contributed by atoms with Crippen LogP contribution in [0.1, 0.15) is 30.5 Å². The summed E-state index contributed by atoms with van der Waals surface area (Å²) in [6.45, 7) is 6.24. The Bertz CT molecular complexity index is 523. The van der Waals surface area contributed by atoms with Crippen molar-refractivity contribution >= 4 is 0 Å². The molecule has 1 unspecified atom stereocenters. The molecular weight excluding hydrogens is 250 g/mol. The third-order valence-corrected chi connectivity index (χ3v) is 3.45. The van der Waals surface area contributed by atoms with Gasteiger partial charge in [-0.05, 0) is 32.9 Å². The van der Waals surface area contributed by atoms with Crippen LogP contribution >= 0.6 is 0 Å². The lowest BCUT2D eigenvalue weighted by Gasteiger charge is -2.18. The van der Waals surface area contributed by atoms with E-state index in [1.807, 2.05) is 24.8 Å². The van der Waals surface area contributed by atoms with E-state index >= 15 is 0 Å². The Kier molecular flexibility index (Phi) is 5.18. The molecule has 108 valence electrons. The number of imidazole rings is 1. The van der Waals surface area contributed by atoms with E-state index in [9.17, 15) is 0 Å². The summed E-state index contributed by atoms with van der Waals surface area (Å²) in [6, 6.07) is 6.59. The molecule has 2 rings (SSSR count). The minimum Gasteiger partial charge on any atom is -0.496 e. The second-order valence-electron chi connectivity index (χ2n) is 5.08. The standard InChI is InChI=1S/C16H23N3O/c1-13-5-6-16(20-3)15(11-13)14(2)18-7-4-9-19-10-8-17-12-19/h5-6,8,10-12,14,18H,4,7,9H2,1-3H3. The number of ether oxygens (including phenoxy) is 1. The van der Waals surface area contributed by atoms with Gasteiger partial charge in [0.1, 0.15) is 5.75 Å². The second-order valence-corrected chi connectivity index (χ2v) is 5.08. The molecule has 0 amide bonds. The molecule has 1 aromatic carbocycles. The van der Waals surface area contributed by atoms with Gasteiger partial charge in [-0.3, -0.25) is 0 Å². The molecule has 0 spiro atoms. The molecule has 0 aliphatic rings. The number of methoxy groups -OCH3 is 1. The first-order chi connectivity index (χ1) is 9.70. The lowest BCUT2D eigenvalue weighted by atomic mass is 10.0. The van der Waals surface area contributed by atoms with E-state index in [1.165, 1.54) is 11.1 Å². The molecule has 1 atom stereocenters. The van der Waals surface area contributed by atoms with Gasteiger partial charge in [0.15, 0.2) is 0 Å². The van der Waals surface area contributed by atoms with Crippen LogP contribution in [0.15, 0.2) is 36.9 Å². The van der Waals surface area contributed by atoms with Gasteiger partial charge in [-0.25, -0.2) is 4.98 Å². The normalized spacial score (nSPS) is 12.3. The van der Waals surface area contributed by atoms with Gasteiger partial charge in [-0.2, -0.15) is 0 Å². The molecule has 0 fully saturated rings. The number of aryl methyl sites for hydroxylation is 2. The van der Waals surface area contributed by atoms with Crippen molar-refractivity contribution in [2.45, 2.75) is 32.9 Å². The summed E-state index contributed by atoms with van der Waals surface area (Å²) in [5.74, 6) is 0.949. The van der Waals surface area contributed by atoms with Gasteiger partial charge in [0.2, 0.25) is 0 Å². The van der Waals surface area contributed by atoms with E-state index in [2.05, 4.69) is 40.8 Å². The topological polar surface area (TPSA) is 39.1 Å². The van der Waals surface area contributed by atoms with Crippen LogP contribution in [0.25, 0.3) is 0 Å². The van der Waals surface area contributed by atoms with Crippen LogP contribution in [0.2, 0.25) is 0 Å². The van der Waals surface area contributed by atoms with E-state index in [0.717, 1.165) is 25.3 Å². The van der Waals surface area contributed by atoms with Gasteiger partial charge in [-0.15, -0.1) is 0 Å². The van der Waals surface area contributed by atoms with Crippen molar-refractivity contribution in [1.82, 2.24) is 14.9 Å². The third kappa shape index (κ3) is 3.84. The number of hydrogen-bond acceptors (Lipinski definition) is 3. The van der Waals surface area contributed by atoms with Crippen molar-refractivity contribution in [1.29, 1.82) is 0 Å². The van der Waals surface area contributed by atoms with Gasteiger partial charge < -0.3 is 14.6 Å². The Morgan fingerprint density at radius 2 is 2.25 bits per heavy atom. The molecule has 0 saturated carbocycles. The Morgan fingerprint density at radius 1 is 1.40 bits per heavy atom. The summed E-state index contributed by atoms with van der Waals surface area (Å²) in [5.41, 5.74) is 2.47. The minimum absolute atomic E-state index is 0.285. The quantitative estimate of drug-likeness (QED) is 0.788. The maximum absolute atomic E-state index is 5.43. The van der Waals surface area contributed by atoms with Crippen LogP contribution in [-0.2, 0) is 6.54 Å². The summed E-state index contributed by atoms with van der Waals surface area (Å²) in [5, 5.41) is 3.55. The molecule has 0 saturated heterocycles. The monoisotopic (exact) mass is 273 g/mol. The van der Waals surface area contributed by atoms with Gasteiger partial charge in [0.05, 0.1) is 13.4 Å². The highest BCUT2D eigenvalue weighted by atomic mass is 16.5. The van der Waals surface area contributed by atoms with Crippen LogP contribution < -0.4 is 10.1 Å². The van der Waals surface area contributed by atoms with Crippen LogP contribution in [-0.4, -0.2) is 23.2 Å². The molecule has 20 heavy (non-hydrogen) atoms. The van der Waals surface area contributed by atoms with Gasteiger partial charge in [0.25, 0.3) is 0 Å². The number of hydrogen-bond donors (Lipinski definition) is 1. The molecule has 0 aliphatic heterocycles. The zero-order valence-electron chi connectivity index (χ0n) is 12.5. The van der Waals surface area contributed by atoms with Crippen molar-refractivity contribution in [2.75, 3.05) is 13.7 Å². The Hall–Kier alpha value is -1.81. The van der Waals surface area contributed by atoms with E-state index in [4.69, 9.17) is 4.74 Å². The van der Waals surface area contributed by atoms with E-state index in [0.29, 0.717) is 0 Å². The maximum atomic E-state index is 5.43. The highest BCUT2D eigenvalue weighted by Gasteiger charge is 2.10. The highest BCUT2D eigenvalue weighted by molar-refractivity contribution is 5.38. The molecule has 4 nitrogen and oxygen atoms in total. The first kappa shape index (κ1) is 14.6. The average molecular weight is 273 g/mol. The van der Waals surface area contributed by atoms with Crippen molar-refractivity contribution in [3.8, 4) is 5.75 Å². The number of nitrogens with zero attached hydrogens (tertiary/aromatic N) is 2. The van der Waals surface area contributed by atoms with Crippen LogP contribution in [0.4, 0.5) is 0 Å². The predicted molar refractivity (Wildman–Crippen MR) is 81.0 cm³/mol. The fourth-order valence-electron chi connectivity index (χ4n) is 2.30. The largest absolute Gasteiger partial charge is 0.496 e. The van der Waals surface area contributed by atoms with Gasteiger partial charge >= 0.3 is 0 Å². The highest BCUT2D eigenvalue weighted by Crippen LogP contribution is 2.25. The van der Waals surface area contributed by atoms with E-state index < -0.39 is 0 Å². The van der Waals surface area contributed by atoms with E-state index in [1.54, 1.807) is 7.11 Å². The van der Waals surface area contributed by atoms with Crippen molar-refractivity contribution in [2.24, 2.45) is 0 Å². The summed E-state index contributed by atoms with van der Waals surface area (Å²) in [7, 11) is 1.72. The van der Waals surface area contributed by atoms with Crippen molar-refractivity contribution in [3.63, 3.8) is 0 Å². The smallest absolute Gasteiger partial charge is 0.123 e. The number of aromatic nitrogens is 2. The van der Waals surface area contributed by atoms with Crippen LogP contribution in [0.3, 0.4) is 0 Å². The summed E-state index contributed by atoms with van der Waals surface area (Å²) >= 11 is 0. The zero-order chi connectivity index (χ0) is 14.4. The third-order valence-electron chi connectivity index (χ3n) is 3.45. The molecular formula is C16H23N3O. The van der Waals surface area contributed by atoms with E-state index in [-0.39, 0.29) is 6.04 Å². The molecule has 4 heteroatoms. The molecule has 0 aliphatic carbocycles. The minimum atomic E-state index is 0.285. The van der Waals surface area contributed by atoms with Crippen LogP contribution in [0, 0.1) is 6.92 Å². The molecule has 1 aromatic heterocycles. The molecule has 0 bridgehead atoms. The van der Waals surface area contributed by atoms with Crippen LogP contribution in [0.5, 0.6) is 5.75 Å². The number of benzene rings is 1.